The topological polar surface area (TPSA) is 217 Å². The molecule has 4 rings (SSSR count). The zero-order valence-corrected chi connectivity index (χ0v) is 33.1. The van der Waals surface area contributed by atoms with E-state index in [1.54, 1.807) is 20.8 Å². The molecule has 4 saturated heterocycles. The van der Waals surface area contributed by atoms with Crippen molar-refractivity contribution >= 4 is 41.4 Å². The van der Waals surface area contributed by atoms with Gasteiger partial charge in [0.2, 0.25) is 23.6 Å². The maximum Gasteiger partial charge on any atom is 0.328 e. The third-order valence-electron chi connectivity index (χ3n) is 10.9. The van der Waals surface area contributed by atoms with Crippen LogP contribution in [0.3, 0.4) is 0 Å². The highest BCUT2D eigenvalue weighted by molar-refractivity contribution is 5.96. The van der Waals surface area contributed by atoms with Gasteiger partial charge in [0.15, 0.2) is 0 Å². The molecular formula is C37H62N8O9. The van der Waals surface area contributed by atoms with Crippen LogP contribution in [-0.2, 0) is 43.0 Å². The van der Waals surface area contributed by atoms with Crippen LogP contribution >= 0.6 is 0 Å². The lowest BCUT2D eigenvalue weighted by Crippen LogP contribution is -2.66. The molecule has 4 aliphatic heterocycles. The Morgan fingerprint density at radius 3 is 1.98 bits per heavy atom. The molecule has 0 aromatic heterocycles. The molecule has 6 amide bonds. The lowest BCUT2D eigenvalue weighted by atomic mass is 9.83. The van der Waals surface area contributed by atoms with Crippen molar-refractivity contribution in [1.82, 2.24) is 42.1 Å². The quantitative estimate of drug-likeness (QED) is 0.199. The molecule has 0 spiro atoms. The Balaban J connectivity index is 1.66. The third-order valence-corrected chi connectivity index (χ3v) is 10.9. The molecule has 304 valence electrons. The average molecular weight is 763 g/mol. The molecule has 0 aromatic carbocycles. The van der Waals surface area contributed by atoms with Crippen molar-refractivity contribution < 1.29 is 43.0 Å². The smallest absolute Gasteiger partial charge is 0.328 e. The van der Waals surface area contributed by atoms with Crippen LogP contribution in [0.15, 0.2) is 0 Å². The molecule has 4 aliphatic rings. The number of rotatable bonds is 6. The summed E-state index contributed by atoms with van der Waals surface area (Å²) in [4.78, 5) is 95.8. The van der Waals surface area contributed by atoms with Crippen LogP contribution in [-0.4, -0.2) is 120 Å². The van der Waals surface area contributed by atoms with Gasteiger partial charge in [0.1, 0.15) is 36.3 Å². The van der Waals surface area contributed by atoms with Crippen LogP contribution in [0.25, 0.3) is 0 Å². The van der Waals surface area contributed by atoms with Crippen LogP contribution in [0, 0.1) is 23.7 Å². The van der Waals surface area contributed by atoms with E-state index in [2.05, 4.69) is 46.0 Å². The van der Waals surface area contributed by atoms with Crippen molar-refractivity contribution in [2.75, 3.05) is 19.6 Å². The average Bonchev–Trinajstić information content (AvgIpc) is 3.14. The Kier molecular flexibility index (Phi) is 15.2. The van der Waals surface area contributed by atoms with Gasteiger partial charge in [0.25, 0.3) is 11.8 Å². The summed E-state index contributed by atoms with van der Waals surface area (Å²) in [6, 6.07) is -5.79. The summed E-state index contributed by atoms with van der Waals surface area (Å²) in [7, 11) is 0. The number of amides is 6. The largest absolute Gasteiger partial charge is 0.458 e. The molecule has 0 aromatic rings. The maximum absolute atomic E-state index is 14.6. The number of cyclic esters (lactones) is 1. The number of carbonyl (C=O) groups excluding carboxylic acids is 7. The Bertz CT molecular complexity index is 1390. The number of fused-ring (bicyclic) bond motifs is 2. The molecule has 4 fully saturated rings. The van der Waals surface area contributed by atoms with Crippen molar-refractivity contribution in [3.05, 3.63) is 0 Å². The molecular weight excluding hydrogens is 700 g/mol. The van der Waals surface area contributed by atoms with Gasteiger partial charge >= 0.3 is 5.97 Å². The normalized spacial score (nSPS) is 33.3. The molecule has 17 heteroatoms. The minimum atomic E-state index is -1.44. The Morgan fingerprint density at radius 2 is 1.39 bits per heavy atom. The van der Waals surface area contributed by atoms with Crippen molar-refractivity contribution in [1.29, 1.82) is 0 Å². The maximum atomic E-state index is 14.6. The van der Waals surface area contributed by atoms with Crippen LogP contribution < -0.4 is 32.1 Å². The molecule has 6 N–H and O–H groups in total. The fourth-order valence-electron chi connectivity index (χ4n) is 7.67. The molecule has 0 saturated carbocycles. The van der Waals surface area contributed by atoms with E-state index in [-0.39, 0.29) is 12.5 Å². The van der Waals surface area contributed by atoms with Gasteiger partial charge < -0.3 is 30.7 Å². The van der Waals surface area contributed by atoms with Crippen molar-refractivity contribution in [3.8, 4) is 0 Å². The lowest BCUT2D eigenvalue weighted by molar-refractivity contribution is -0.165. The second-order valence-electron chi connectivity index (χ2n) is 16.0. The van der Waals surface area contributed by atoms with E-state index in [1.807, 2.05) is 6.92 Å². The summed E-state index contributed by atoms with van der Waals surface area (Å²) in [5.41, 5.74) is 5.89. The number of esters is 1. The molecule has 4 heterocycles. The highest BCUT2D eigenvalue weighted by Crippen LogP contribution is 2.33. The fourth-order valence-corrected chi connectivity index (χ4v) is 7.67. The number of hydrogen-bond donors (Lipinski definition) is 6. The van der Waals surface area contributed by atoms with Gasteiger partial charge in [0, 0.05) is 13.1 Å². The van der Waals surface area contributed by atoms with E-state index in [0.717, 1.165) is 22.9 Å². The van der Waals surface area contributed by atoms with Gasteiger partial charge in [0.05, 0.1) is 24.7 Å². The van der Waals surface area contributed by atoms with Gasteiger partial charge in [-0.3, -0.25) is 38.8 Å². The van der Waals surface area contributed by atoms with Gasteiger partial charge in [-0.05, 0) is 83.5 Å². The summed E-state index contributed by atoms with van der Waals surface area (Å²) in [5.74, 6) is -4.81. The van der Waals surface area contributed by atoms with Crippen LogP contribution in [0.4, 0.5) is 0 Å². The summed E-state index contributed by atoms with van der Waals surface area (Å²) >= 11 is 0. The second-order valence-corrected chi connectivity index (χ2v) is 16.0. The van der Waals surface area contributed by atoms with E-state index < -0.39 is 102 Å². The second kappa shape index (κ2) is 19.2. The first-order valence-electron chi connectivity index (χ1n) is 19.7. The number of hydrazine groups is 2. The molecule has 0 radical (unpaired) electrons. The van der Waals surface area contributed by atoms with Crippen molar-refractivity contribution in [3.63, 3.8) is 0 Å². The zero-order chi connectivity index (χ0) is 39.9. The number of ether oxygens (including phenoxy) is 2. The first kappa shape index (κ1) is 42.9. The summed E-state index contributed by atoms with van der Waals surface area (Å²) in [5, 5.41) is 13.0. The first-order valence-corrected chi connectivity index (χ1v) is 19.7. The highest BCUT2D eigenvalue weighted by Gasteiger charge is 2.45. The minimum absolute atomic E-state index is 0.0552. The van der Waals surface area contributed by atoms with E-state index in [0.29, 0.717) is 50.6 Å². The van der Waals surface area contributed by atoms with Crippen molar-refractivity contribution in [2.24, 2.45) is 23.7 Å². The van der Waals surface area contributed by atoms with E-state index in [9.17, 15) is 33.6 Å². The predicted molar refractivity (Wildman–Crippen MR) is 196 cm³/mol. The van der Waals surface area contributed by atoms with Gasteiger partial charge in [-0.25, -0.2) is 15.6 Å². The van der Waals surface area contributed by atoms with Gasteiger partial charge in [-0.15, -0.1) is 0 Å². The monoisotopic (exact) mass is 762 g/mol. The van der Waals surface area contributed by atoms with E-state index in [1.165, 1.54) is 13.8 Å². The number of nitrogens with zero attached hydrogens (tertiary/aromatic N) is 2. The standard InChI is InChI=1S/C37H62N8O9/c1-19(2)17-25-13-14-28(53-24(25)8)21(5)32(47)43-30-31(20(3)4)54-37(52)23(7)42-34(49)26-11-9-15-39-44(26)29(46)18-38-33(48)22(6)41-35(50)27-12-10-16-40-45(27)36(30)51/h19-28,30-31,39-40H,9-18H2,1-8H3,(H,38,48)(H,41,50)(H,42,49)(H,43,47). The fraction of sp³-hybridized carbons (Fsp3) is 0.811. The van der Waals surface area contributed by atoms with E-state index in [4.69, 9.17) is 9.47 Å². The predicted octanol–water partition coefficient (Wildman–Crippen LogP) is 0.0353. The van der Waals surface area contributed by atoms with Crippen LogP contribution in [0.1, 0.15) is 100 Å². The highest BCUT2D eigenvalue weighted by atomic mass is 16.5. The van der Waals surface area contributed by atoms with Gasteiger partial charge in [-0.2, -0.15) is 0 Å². The Labute approximate surface area is 318 Å². The molecule has 17 nitrogen and oxygen atoms in total. The third kappa shape index (κ3) is 10.7. The number of carbonyl (C=O) groups is 7. The Morgan fingerprint density at radius 1 is 0.796 bits per heavy atom. The minimum Gasteiger partial charge on any atom is -0.458 e. The van der Waals surface area contributed by atoms with Crippen LogP contribution in [0.2, 0.25) is 0 Å². The summed E-state index contributed by atoms with van der Waals surface area (Å²) < 4.78 is 12.3. The molecule has 10 atom stereocenters. The number of nitrogens with one attached hydrogen (secondary N) is 6. The Hall–Kier alpha value is -3.83. The number of hydrogen-bond acceptors (Lipinski definition) is 11. The molecule has 10 unspecified atom stereocenters. The zero-order valence-electron chi connectivity index (χ0n) is 33.1. The van der Waals surface area contributed by atoms with Crippen molar-refractivity contribution in [2.45, 2.75) is 149 Å². The van der Waals surface area contributed by atoms with E-state index >= 15 is 0 Å². The summed E-state index contributed by atoms with van der Waals surface area (Å²) in [6.07, 6.45) is 2.54. The molecule has 0 aliphatic carbocycles. The SMILES string of the molecule is CC(C)CC1CCC(C(C)C(=O)NC2C(=O)N3NCCCC3C(=O)NC(C)C(=O)NCC(=O)N3NCCCC3C(=O)NC(C)C(=O)OC2C(C)C)OC1C. The molecule has 0 bridgehead atoms. The van der Waals surface area contributed by atoms with Crippen LogP contribution in [0.5, 0.6) is 0 Å². The summed E-state index contributed by atoms with van der Waals surface area (Å²) in [6.45, 7) is 14.8. The lowest BCUT2D eigenvalue weighted by Gasteiger charge is -2.41. The molecule has 54 heavy (non-hydrogen) atoms. The van der Waals surface area contributed by atoms with Gasteiger partial charge in [-0.1, -0.05) is 34.6 Å². The first-order chi connectivity index (χ1) is 25.5.